The second-order valence-electron chi connectivity index (χ2n) is 4.65. The first kappa shape index (κ1) is 15.8. The highest BCUT2D eigenvalue weighted by Gasteiger charge is 2.09. The Labute approximate surface area is 117 Å². The number of carbonyl (C=O) groups is 2. The maximum Gasteiger partial charge on any atom is 0.407 e. The number of benzene rings is 1. The first-order valence-corrected chi connectivity index (χ1v) is 6.35. The lowest BCUT2D eigenvalue weighted by Gasteiger charge is -2.12. The molecule has 1 aromatic carbocycles. The van der Waals surface area contributed by atoms with Crippen molar-refractivity contribution >= 4 is 12.1 Å². The van der Waals surface area contributed by atoms with Crippen molar-refractivity contribution in [2.75, 3.05) is 0 Å². The molecule has 6 heteroatoms. The summed E-state index contributed by atoms with van der Waals surface area (Å²) in [7, 11) is 0. The highest BCUT2D eigenvalue weighted by atomic mass is 16.6. The molecule has 0 aliphatic rings. The predicted octanol–water partition coefficient (Wildman–Crippen LogP) is 2.04. The number of hydrogen-bond donors (Lipinski definition) is 3. The molecule has 1 rings (SSSR count). The zero-order chi connectivity index (χ0) is 15.1. The molecule has 1 aromatic rings. The van der Waals surface area contributed by atoms with Gasteiger partial charge >= 0.3 is 12.1 Å². The minimum Gasteiger partial charge on any atom is -0.508 e. The van der Waals surface area contributed by atoms with Crippen LogP contribution in [0.3, 0.4) is 0 Å². The molecule has 110 valence electrons. The Balaban J connectivity index is 2.68. The molecule has 3 N–H and O–H groups in total. The largest absolute Gasteiger partial charge is 0.508 e. The summed E-state index contributed by atoms with van der Waals surface area (Å²) in [6.45, 7) is 3.72. The number of carbonyl (C=O) groups excluding carboxylic acids is 1. The molecule has 0 aromatic heterocycles. The molecule has 0 saturated carbocycles. The molecular formula is C14H19NO5. The van der Waals surface area contributed by atoms with Crippen LogP contribution in [0.25, 0.3) is 0 Å². The topological polar surface area (TPSA) is 95.9 Å². The van der Waals surface area contributed by atoms with Crippen LogP contribution in [-0.2, 0) is 22.5 Å². The fourth-order valence-electron chi connectivity index (χ4n) is 1.68. The van der Waals surface area contributed by atoms with Gasteiger partial charge in [0.2, 0.25) is 0 Å². The first-order chi connectivity index (χ1) is 9.38. The third-order valence-corrected chi connectivity index (χ3v) is 2.56. The van der Waals surface area contributed by atoms with Crippen molar-refractivity contribution in [3.8, 4) is 5.75 Å². The summed E-state index contributed by atoms with van der Waals surface area (Å²) in [6, 6.07) is 4.66. The van der Waals surface area contributed by atoms with Gasteiger partial charge < -0.3 is 20.3 Å². The molecule has 0 aliphatic heterocycles. The molecule has 0 bridgehead atoms. The van der Waals surface area contributed by atoms with Gasteiger partial charge in [0.25, 0.3) is 0 Å². The Morgan fingerprint density at radius 2 is 2.00 bits per heavy atom. The van der Waals surface area contributed by atoms with Crippen LogP contribution in [0.1, 0.15) is 31.4 Å². The van der Waals surface area contributed by atoms with E-state index in [0.717, 1.165) is 5.56 Å². The van der Waals surface area contributed by atoms with E-state index < -0.39 is 12.1 Å². The standard InChI is InChI=1S/C14H19NO5/c1-9(2)20-14(19)15-8-11-3-5-12(16)7-10(11)4-6-13(17)18/h3,5,7,9,16H,4,6,8H2,1-2H3,(H,15,19)(H,17,18). The number of carboxylic acids is 1. The van der Waals surface area contributed by atoms with E-state index in [1.54, 1.807) is 19.9 Å². The Morgan fingerprint density at radius 1 is 1.30 bits per heavy atom. The highest BCUT2D eigenvalue weighted by molar-refractivity contribution is 5.68. The van der Waals surface area contributed by atoms with Gasteiger partial charge in [-0.25, -0.2) is 4.79 Å². The number of amides is 1. The van der Waals surface area contributed by atoms with Crippen molar-refractivity contribution in [3.63, 3.8) is 0 Å². The van der Waals surface area contributed by atoms with Gasteiger partial charge in [0.1, 0.15) is 5.75 Å². The summed E-state index contributed by atoms with van der Waals surface area (Å²) >= 11 is 0. The van der Waals surface area contributed by atoms with E-state index in [1.165, 1.54) is 12.1 Å². The molecule has 0 radical (unpaired) electrons. The lowest BCUT2D eigenvalue weighted by molar-refractivity contribution is -0.136. The van der Waals surface area contributed by atoms with Crippen molar-refractivity contribution in [2.45, 2.75) is 39.3 Å². The number of alkyl carbamates (subject to hydrolysis) is 1. The third kappa shape index (κ3) is 5.60. The molecule has 0 aliphatic carbocycles. The van der Waals surface area contributed by atoms with Gasteiger partial charge in [-0.2, -0.15) is 0 Å². The van der Waals surface area contributed by atoms with Crippen LogP contribution in [0.2, 0.25) is 0 Å². The Morgan fingerprint density at radius 3 is 2.60 bits per heavy atom. The average Bonchev–Trinajstić information content (AvgIpc) is 2.34. The van der Waals surface area contributed by atoms with Gasteiger partial charge in [-0.15, -0.1) is 0 Å². The highest BCUT2D eigenvalue weighted by Crippen LogP contribution is 2.18. The maximum absolute atomic E-state index is 11.4. The normalized spacial score (nSPS) is 10.3. The van der Waals surface area contributed by atoms with Crippen LogP contribution in [0.4, 0.5) is 4.79 Å². The molecule has 0 spiro atoms. The van der Waals surface area contributed by atoms with Gasteiger partial charge in [0.05, 0.1) is 6.10 Å². The van der Waals surface area contributed by atoms with E-state index in [9.17, 15) is 14.7 Å². The summed E-state index contributed by atoms with van der Waals surface area (Å²) in [4.78, 5) is 22.0. The SMILES string of the molecule is CC(C)OC(=O)NCc1ccc(O)cc1CCC(=O)O. The van der Waals surface area contributed by atoms with Gasteiger partial charge in [-0.05, 0) is 43.5 Å². The number of aliphatic carboxylic acids is 1. The van der Waals surface area contributed by atoms with Crippen molar-refractivity contribution in [2.24, 2.45) is 0 Å². The molecule has 0 saturated heterocycles. The van der Waals surface area contributed by atoms with Crippen molar-refractivity contribution < 1.29 is 24.5 Å². The molecule has 1 amide bonds. The molecular weight excluding hydrogens is 262 g/mol. The van der Waals surface area contributed by atoms with E-state index >= 15 is 0 Å². The Hall–Kier alpha value is -2.24. The predicted molar refractivity (Wildman–Crippen MR) is 72.5 cm³/mol. The fourth-order valence-corrected chi connectivity index (χ4v) is 1.68. The molecule has 0 atom stereocenters. The summed E-state index contributed by atoms with van der Waals surface area (Å²) < 4.78 is 4.94. The number of phenols is 1. The van der Waals surface area contributed by atoms with Gasteiger partial charge in [0.15, 0.2) is 0 Å². The summed E-state index contributed by atoms with van der Waals surface area (Å²) in [5.41, 5.74) is 1.45. The van der Waals surface area contributed by atoms with Crippen LogP contribution in [0.5, 0.6) is 5.75 Å². The number of rotatable bonds is 6. The first-order valence-electron chi connectivity index (χ1n) is 6.35. The number of phenolic OH excluding ortho intramolecular Hbond substituents is 1. The number of hydrogen-bond acceptors (Lipinski definition) is 4. The van der Waals surface area contributed by atoms with Crippen LogP contribution in [0, 0.1) is 0 Å². The van der Waals surface area contributed by atoms with Crippen molar-refractivity contribution in [1.82, 2.24) is 5.32 Å². The van der Waals surface area contributed by atoms with E-state index in [0.29, 0.717) is 12.0 Å². The van der Waals surface area contributed by atoms with Gasteiger partial charge in [0, 0.05) is 13.0 Å². The second kappa shape index (κ2) is 7.37. The zero-order valence-corrected chi connectivity index (χ0v) is 11.5. The van der Waals surface area contributed by atoms with Crippen molar-refractivity contribution in [1.29, 1.82) is 0 Å². The number of aromatic hydroxyl groups is 1. The van der Waals surface area contributed by atoms with Gasteiger partial charge in [-0.1, -0.05) is 6.07 Å². The maximum atomic E-state index is 11.4. The van der Waals surface area contributed by atoms with E-state index in [2.05, 4.69) is 5.32 Å². The molecule has 20 heavy (non-hydrogen) atoms. The number of nitrogens with one attached hydrogen (secondary N) is 1. The van der Waals surface area contributed by atoms with E-state index in [4.69, 9.17) is 9.84 Å². The van der Waals surface area contributed by atoms with Gasteiger partial charge in [-0.3, -0.25) is 4.79 Å². The number of carboxylic acid groups (broad SMARTS) is 1. The lowest BCUT2D eigenvalue weighted by atomic mass is 10.0. The Bertz CT molecular complexity index is 484. The lowest BCUT2D eigenvalue weighted by Crippen LogP contribution is -2.26. The smallest absolute Gasteiger partial charge is 0.407 e. The van der Waals surface area contributed by atoms with Crippen LogP contribution in [0.15, 0.2) is 18.2 Å². The van der Waals surface area contributed by atoms with Crippen LogP contribution >= 0.6 is 0 Å². The zero-order valence-electron chi connectivity index (χ0n) is 11.5. The summed E-state index contributed by atoms with van der Waals surface area (Å²) in [5, 5.41) is 20.7. The van der Waals surface area contributed by atoms with Crippen molar-refractivity contribution in [3.05, 3.63) is 29.3 Å². The minimum atomic E-state index is -0.911. The fraction of sp³-hybridized carbons (Fsp3) is 0.429. The molecule has 0 fully saturated rings. The number of ether oxygens (including phenoxy) is 1. The second-order valence-corrected chi connectivity index (χ2v) is 4.65. The van der Waals surface area contributed by atoms with Crippen LogP contribution < -0.4 is 5.32 Å². The third-order valence-electron chi connectivity index (χ3n) is 2.56. The average molecular weight is 281 g/mol. The monoisotopic (exact) mass is 281 g/mol. The molecule has 0 unspecified atom stereocenters. The molecule has 0 heterocycles. The van der Waals surface area contributed by atoms with E-state index in [1.807, 2.05) is 0 Å². The minimum absolute atomic E-state index is 0.0348. The molecule has 6 nitrogen and oxygen atoms in total. The number of aryl methyl sites for hydroxylation is 1. The summed E-state index contributed by atoms with van der Waals surface area (Å²) in [6.07, 6.45) is -0.481. The summed E-state index contributed by atoms with van der Waals surface area (Å²) in [5.74, 6) is -0.842. The quantitative estimate of drug-likeness (QED) is 0.741. The Kier molecular flexibility index (Phi) is 5.83. The van der Waals surface area contributed by atoms with Crippen LogP contribution in [-0.4, -0.2) is 28.4 Å². The van der Waals surface area contributed by atoms with E-state index in [-0.39, 0.29) is 24.8 Å².